The first-order valence-electron chi connectivity index (χ1n) is 10.6. The standard InChI is InChI=1S/C23H35N5O2S/c1-23(2,3)30-22(29)28(18-19-9-6-12-25-17-19)14-8-13-26-21(24-4)27(5)15-11-20-10-7-16-31-20/h6-7,9-10,12,16-17H,8,11,13-15,18H2,1-5H3,(H,24,26). The van der Waals surface area contributed by atoms with Crippen LogP contribution in [0.4, 0.5) is 4.79 Å². The number of nitrogens with one attached hydrogen (secondary N) is 1. The molecule has 0 unspecified atom stereocenters. The zero-order valence-corrected chi connectivity index (χ0v) is 20.1. The van der Waals surface area contributed by atoms with E-state index in [4.69, 9.17) is 4.74 Å². The van der Waals surface area contributed by atoms with Crippen molar-refractivity contribution in [2.24, 2.45) is 4.99 Å². The highest BCUT2D eigenvalue weighted by Gasteiger charge is 2.22. The molecule has 0 fully saturated rings. The minimum atomic E-state index is -0.532. The third-order valence-corrected chi connectivity index (χ3v) is 5.42. The summed E-state index contributed by atoms with van der Waals surface area (Å²) in [7, 11) is 3.83. The van der Waals surface area contributed by atoms with Gasteiger partial charge in [0.2, 0.25) is 0 Å². The molecule has 0 spiro atoms. The second kappa shape index (κ2) is 12.3. The summed E-state index contributed by atoms with van der Waals surface area (Å²) in [4.78, 5) is 26.4. The second-order valence-corrected chi connectivity index (χ2v) is 9.37. The highest BCUT2D eigenvalue weighted by molar-refractivity contribution is 7.09. The Morgan fingerprint density at radius 2 is 2.06 bits per heavy atom. The van der Waals surface area contributed by atoms with Gasteiger partial charge in [-0.05, 0) is 56.7 Å². The van der Waals surface area contributed by atoms with Gasteiger partial charge >= 0.3 is 6.09 Å². The number of nitrogens with zero attached hydrogens (tertiary/aromatic N) is 4. The molecule has 31 heavy (non-hydrogen) atoms. The molecule has 2 heterocycles. The summed E-state index contributed by atoms with van der Waals surface area (Å²) in [5.41, 5.74) is 0.445. The molecule has 170 valence electrons. The number of likely N-dealkylation sites (N-methyl/N-ethyl adjacent to an activating group) is 1. The average molecular weight is 446 g/mol. The number of carbonyl (C=O) groups excluding carboxylic acids is 1. The number of thiophene rings is 1. The first-order valence-corrected chi connectivity index (χ1v) is 11.5. The Morgan fingerprint density at radius 3 is 2.68 bits per heavy atom. The molecule has 2 aromatic heterocycles. The zero-order chi connectivity index (χ0) is 22.7. The van der Waals surface area contributed by atoms with Crippen LogP contribution in [-0.2, 0) is 17.7 Å². The third kappa shape index (κ3) is 9.38. The van der Waals surface area contributed by atoms with Crippen molar-refractivity contribution >= 4 is 23.4 Å². The number of ether oxygens (including phenoxy) is 1. The fourth-order valence-corrected chi connectivity index (χ4v) is 3.67. The van der Waals surface area contributed by atoms with E-state index in [1.54, 1.807) is 35.7 Å². The lowest BCUT2D eigenvalue weighted by molar-refractivity contribution is 0.0232. The minimum absolute atomic E-state index is 0.311. The van der Waals surface area contributed by atoms with Gasteiger partial charge in [-0.25, -0.2) is 4.79 Å². The maximum absolute atomic E-state index is 12.7. The van der Waals surface area contributed by atoms with Crippen LogP contribution in [0.15, 0.2) is 47.0 Å². The molecular formula is C23H35N5O2S. The lowest BCUT2D eigenvalue weighted by Crippen LogP contribution is -2.42. The molecule has 1 N–H and O–H groups in total. The molecule has 0 atom stereocenters. The van der Waals surface area contributed by atoms with E-state index in [1.807, 2.05) is 40.0 Å². The van der Waals surface area contributed by atoms with Crippen LogP contribution in [0.3, 0.4) is 0 Å². The topological polar surface area (TPSA) is 70.1 Å². The van der Waals surface area contributed by atoms with Crippen LogP contribution in [-0.4, -0.2) is 66.2 Å². The largest absolute Gasteiger partial charge is 0.444 e. The predicted octanol–water partition coefficient (Wildman–Crippen LogP) is 4.02. The molecule has 0 radical (unpaired) electrons. The molecule has 0 saturated carbocycles. The number of amides is 1. The number of hydrogen-bond donors (Lipinski definition) is 1. The number of aliphatic imine (C=N–C) groups is 1. The fraction of sp³-hybridized carbons (Fsp3) is 0.522. The van der Waals surface area contributed by atoms with Crippen LogP contribution in [0.25, 0.3) is 0 Å². The normalized spacial score (nSPS) is 11.8. The zero-order valence-electron chi connectivity index (χ0n) is 19.3. The van der Waals surface area contributed by atoms with Gasteiger partial charge < -0.3 is 19.9 Å². The van der Waals surface area contributed by atoms with Crippen molar-refractivity contribution in [3.63, 3.8) is 0 Å². The first-order chi connectivity index (χ1) is 14.8. The Bertz CT molecular complexity index is 803. The van der Waals surface area contributed by atoms with Gasteiger partial charge in [-0.3, -0.25) is 9.98 Å². The van der Waals surface area contributed by atoms with Crippen LogP contribution in [0.1, 0.15) is 37.6 Å². The lowest BCUT2D eigenvalue weighted by Gasteiger charge is -2.28. The van der Waals surface area contributed by atoms with Gasteiger partial charge in [-0.2, -0.15) is 0 Å². The van der Waals surface area contributed by atoms with Gasteiger partial charge in [0.1, 0.15) is 5.60 Å². The van der Waals surface area contributed by atoms with Gasteiger partial charge in [-0.15, -0.1) is 11.3 Å². The number of pyridine rings is 1. The molecule has 0 bridgehead atoms. The smallest absolute Gasteiger partial charge is 0.410 e. The van der Waals surface area contributed by atoms with Gasteiger partial charge in [0.15, 0.2) is 5.96 Å². The number of aromatic nitrogens is 1. The SMILES string of the molecule is CN=C(NCCCN(Cc1cccnc1)C(=O)OC(C)(C)C)N(C)CCc1cccs1. The van der Waals surface area contributed by atoms with Gasteiger partial charge in [0.25, 0.3) is 0 Å². The molecule has 0 saturated heterocycles. The van der Waals surface area contributed by atoms with Crippen LogP contribution < -0.4 is 5.32 Å². The van der Waals surface area contributed by atoms with Crippen molar-refractivity contribution in [1.82, 2.24) is 20.1 Å². The molecule has 2 rings (SSSR count). The number of rotatable bonds is 9. The summed E-state index contributed by atoms with van der Waals surface area (Å²) < 4.78 is 5.59. The molecule has 2 aromatic rings. The summed E-state index contributed by atoms with van der Waals surface area (Å²) in [5.74, 6) is 0.854. The summed E-state index contributed by atoms with van der Waals surface area (Å²) in [6.45, 7) is 8.29. The van der Waals surface area contributed by atoms with Gasteiger partial charge in [0.05, 0.1) is 6.54 Å². The highest BCUT2D eigenvalue weighted by atomic mass is 32.1. The molecule has 0 aromatic carbocycles. The van der Waals surface area contributed by atoms with E-state index >= 15 is 0 Å². The van der Waals surface area contributed by atoms with E-state index in [9.17, 15) is 4.79 Å². The van der Waals surface area contributed by atoms with Crippen molar-refractivity contribution in [2.45, 2.75) is 45.8 Å². The van der Waals surface area contributed by atoms with E-state index in [1.165, 1.54) is 4.88 Å². The maximum atomic E-state index is 12.7. The van der Waals surface area contributed by atoms with E-state index < -0.39 is 5.60 Å². The van der Waals surface area contributed by atoms with Gasteiger partial charge in [0, 0.05) is 51.0 Å². The monoisotopic (exact) mass is 445 g/mol. The molecule has 0 aliphatic rings. The van der Waals surface area contributed by atoms with Crippen LogP contribution >= 0.6 is 11.3 Å². The molecule has 1 amide bonds. The minimum Gasteiger partial charge on any atom is -0.444 e. The van der Waals surface area contributed by atoms with E-state index in [0.29, 0.717) is 19.6 Å². The summed E-state index contributed by atoms with van der Waals surface area (Å²) in [5, 5.41) is 5.50. The maximum Gasteiger partial charge on any atom is 0.410 e. The Kier molecular flexibility index (Phi) is 9.78. The number of carbonyl (C=O) groups is 1. The lowest BCUT2D eigenvalue weighted by atomic mass is 10.2. The van der Waals surface area contributed by atoms with Crippen molar-refractivity contribution in [1.29, 1.82) is 0 Å². The van der Waals surface area contributed by atoms with E-state index in [2.05, 4.69) is 37.7 Å². The summed E-state index contributed by atoms with van der Waals surface area (Å²) in [6.07, 6.45) is 4.96. The molecule has 7 nitrogen and oxygen atoms in total. The van der Waals surface area contributed by atoms with Crippen LogP contribution in [0, 0.1) is 0 Å². The van der Waals surface area contributed by atoms with Crippen molar-refractivity contribution < 1.29 is 9.53 Å². The van der Waals surface area contributed by atoms with Crippen molar-refractivity contribution in [2.75, 3.05) is 33.7 Å². The quantitative estimate of drug-likeness (QED) is 0.359. The van der Waals surface area contributed by atoms with Gasteiger partial charge in [-0.1, -0.05) is 12.1 Å². The molecular weight excluding hydrogens is 410 g/mol. The fourth-order valence-electron chi connectivity index (χ4n) is 2.97. The third-order valence-electron chi connectivity index (χ3n) is 4.48. The van der Waals surface area contributed by atoms with Crippen LogP contribution in [0.2, 0.25) is 0 Å². The Hall–Kier alpha value is -2.61. The molecule has 0 aliphatic carbocycles. The number of guanidine groups is 1. The Labute approximate surface area is 190 Å². The second-order valence-electron chi connectivity index (χ2n) is 8.34. The predicted molar refractivity (Wildman–Crippen MR) is 128 cm³/mol. The van der Waals surface area contributed by atoms with E-state index in [0.717, 1.165) is 30.9 Å². The first kappa shape index (κ1) is 24.7. The molecule has 8 heteroatoms. The summed E-state index contributed by atoms with van der Waals surface area (Å²) in [6, 6.07) is 8.07. The average Bonchev–Trinajstić information content (AvgIpc) is 3.24. The summed E-state index contributed by atoms with van der Waals surface area (Å²) >= 11 is 1.78. The van der Waals surface area contributed by atoms with Crippen molar-refractivity contribution in [3.05, 3.63) is 52.5 Å². The molecule has 0 aliphatic heterocycles. The Morgan fingerprint density at radius 1 is 1.26 bits per heavy atom. The van der Waals surface area contributed by atoms with E-state index in [-0.39, 0.29) is 6.09 Å². The van der Waals surface area contributed by atoms with Crippen molar-refractivity contribution in [3.8, 4) is 0 Å². The Balaban J connectivity index is 1.84. The van der Waals surface area contributed by atoms with Crippen LogP contribution in [0.5, 0.6) is 0 Å². The highest BCUT2D eigenvalue weighted by Crippen LogP contribution is 2.13. The number of hydrogen-bond acceptors (Lipinski definition) is 5.